The zero-order valence-electron chi connectivity index (χ0n) is 17.9. The summed E-state index contributed by atoms with van der Waals surface area (Å²) >= 11 is 0. The van der Waals surface area contributed by atoms with Crippen LogP contribution in [0.25, 0.3) is 11.1 Å². The van der Waals surface area contributed by atoms with Crippen LogP contribution < -0.4 is 5.73 Å². The van der Waals surface area contributed by atoms with Crippen LogP contribution in [0.3, 0.4) is 0 Å². The first kappa shape index (κ1) is 22.4. The van der Waals surface area contributed by atoms with Crippen molar-refractivity contribution in [2.24, 2.45) is 11.7 Å². The summed E-state index contributed by atoms with van der Waals surface area (Å²) in [6, 6.07) is 16.2. The lowest BCUT2D eigenvalue weighted by molar-refractivity contribution is 0.0965. The van der Waals surface area contributed by atoms with Crippen LogP contribution in [0.15, 0.2) is 60.7 Å². The predicted octanol–water partition coefficient (Wildman–Crippen LogP) is 5.21. The highest BCUT2D eigenvalue weighted by Gasteiger charge is 2.18. The Kier molecular flexibility index (Phi) is 6.66. The fourth-order valence-corrected chi connectivity index (χ4v) is 3.52. The van der Waals surface area contributed by atoms with E-state index in [-0.39, 0.29) is 17.3 Å². The van der Waals surface area contributed by atoms with E-state index in [0.717, 1.165) is 5.56 Å². The number of Topliss-reactive ketones (excluding diaryl/α,β-unsaturated/α-hetero) is 1. The van der Waals surface area contributed by atoms with E-state index in [1.54, 1.807) is 55.5 Å². The van der Waals surface area contributed by atoms with Crippen LogP contribution in [-0.2, 0) is 0 Å². The normalized spacial score (nSPS) is 12.1. The van der Waals surface area contributed by atoms with Gasteiger partial charge in [-0.05, 0) is 71.5 Å². The number of aliphatic hydroxyl groups excluding tert-OH is 1. The lowest BCUT2D eigenvalue weighted by Gasteiger charge is -2.16. The number of hydrogen-bond acceptors (Lipinski definition) is 3. The lowest BCUT2D eigenvalue weighted by Crippen LogP contribution is -2.12. The largest absolute Gasteiger partial charge is 0.384 e. The summed E-state index contributed by atoms with van der Waals surface area (Å²) in [6.07, 6.45) is -0.773. The Labute approximate surface area is 181 Å². The molecular formula is C26H26FNO3. The van der Waals surface area contributed by atoms with Gasteiger partial charge in [-0.3, -0.25) is 9.59 Å². The van der Waals surface area contributed by atoms with Crippen molar-refractivity contribution >= 4 is 11.7 Å². The fraction of sp³-hybridized carbons (Fsp3) is 0.231. The quantitative estimate of drug-likeness (QED) is 0.516. The maximum atomic E-state index is 14.7. The van der Waals surface area contributed by atoms with Gasteiger partial charge < -0.3 is 10.8 Å². The number of halogens is 1. The number of primary amides is 1. The maximum absolute atomic E-state index is 14.7. The van der Waals surface area contributed by atoms with Crippen molar-refractivity contribution in [1.29, 1.82) is 0 Å². The number of carbonyl (C=O) groups excluding carboxylic acids is 2. The SMILES string of the molecule is Cc1ccc(-c2cc(C(=O)CC(C)C)cc(C(O)c3cccc(C(N)=O)c3)c2)c(F)c1. The molecule has 0 fully saturated rings. The molecule has 31 heavy (non-hydrogen) atoms. The number of carbonyl (C=O) groups is 2. The minimum atomic E-state index is -1.11. The molecule has 0 saturated carbocycles. The van der Waals surface area contributed by atoms with Gasteiger partial charge in [-0.2, -0.15) is 0 Å². The topological polar surface area (TPSA) is 80.4 Å². The molecule has 3 rings (SSSR count). The number of nitrogens with two attached hydrogens (primary N) is 1. The molecule has 1 amide bonds. The highest BCUT2D eigenvalue weighted by atomic mass is 19.1. The summed E-state index contributed by atoms with van der Waals surface area (Å²) in [5, 5.41) is 11.0. The third-order valence-corrected chi connectivity index (χ3v) is 5.11. The van der Waals surface area contributed by atoms with Gasteiger partial charge in [0.05, 0.1) is 0 Å². The van der Waals surface area contributed by atoms with Crippen LogP contribution >= 0.6 is 0 Å². The number of aryl methyl sites for hydroxylation is 1. The van der Waals surface area contributed by atoms with E-state index in [2.05, 4.69) is 0 Å². The molecule has 1 unspecified atom stereocenters. The van der Waals surface area contributed by atoms with E-state index in [4.69, 9.17) is 5.73 Å². The molecule has 0 aliphatic rings. The molecule has 0 spiro atoms. The average Bonchev–Trinajstić information content (AvgIpc) is 2.72. The molecule has 1 atom stereocenters. The molecule has 0 bridgehead atoms. The Balaban J connectivity index is 2.13. The standard InChI is InChI=1S/C26H26FNO3/c1-15(2)9-24(29)20-12-19(22-8-7-16(3)10-23(22)27)13-21(14-20)25(30)17-5-4-6-18(11-17)26(28)31/h4-8,10-15,25,30H,9H2,1-3H3,(H2,28,31). The second kappa shape index (κ2) is 9.23. The van der Waals surface area contributed by atoms with Gasteiger partial charge in [0.25, 0.3) is 0 Å². The predicted molar refractivity (Wildman–Crippen MR) is 119 cm³/mol. The Morgan fingerprint density at radius 2 is 1.68 bits per heavy atom. The van der Waals surface area contributed by atoms with Crippen LogP contribution in [-0.4, -0.2) is 16.8 Å². The first-order chi connectivity index (χ1) is 14.7. The van der Waals surface area contributed by atoms with Crippen molar-refractivity contribution in [1.82, 2.24) is 0 Å². The van der Waals surface area contributed by atoms with Crippen LogP contribution in [0, 0.1) is 18.7 Å². The van der Waals surface area contributed by atoms with Gasteiger partial charge in [0.2, 0.25) is 5.91 Å². The van der Waals surface area contributed by atoms with E-state index >= 15 is 0 Å². The fourth-order valence-electron chi connectivity index (χ4n) is 3.52. The van der Waals surface area contributed by atoms with Gasteiger partial charge in [-0.1, -0.05) is 38.1 Å². The number of ketones is 1. The molecular weight excluding hydrogens is 393 g/mol. The number of rotatable bonds is 7. The van der Waals surface area contributed by atoms with Crippen molar-refractivity contribution in [2.45, 2.75) is 33.3 Å². The summed E-state index contributed by atoms with van der Waals surface area (Å²) in [5.41, 5.74) is 8.58. The third-order valence-electron chi connectivity index (χ3n) is 5.11. The van der Waals surface area contributed by atoms with Gasteiger partial charge in [-0.25, -0.2) is 4.39 Å². The van der Waals surface area contributed by atoms with Crippen molar-refractivity contribution < 1.29 is 19.1 Å². The van der Waals surface area contributed by atoms with Crippen molar-refractivity contribution in [3.05, 3.63) is 94.3 Å². The summed E-state index contributed by atoms with van der Waals surface area (Å²) in [7, 11) is 0. The van der Waals surface area contributed by atoms with E-state index in [1.165, 1.54) is 12.1 Å². The van der Waals surface area contributed by atoms with Gasteiger partial charge in [-0.15, -0.1) is 0 Å². The zero-order chi connectivity index (χ0) is 22.7. The molecule has 0 aromatic heterocycles. The second-order valence-corrected chi connectivity index (χ2v) is 8.24. The first-order valence-corrected chi connectivity index (χ1v) is 10.2. The Morgan fingerprint density at radius 3 is 2.32 bits per heavy atom. The molecule has 5 heteroatoms. The number of amides is 1. The van der Waals surface area contributed by atoms with Gasteiger partial charge in [0.1, 0.15) is 11.9 Å². The molecule has 0 heterocycles. The van der Waals surface area contributed by atoms with Crippen molar-refractivity contribution in [3.63, 3.8) is 0 Å². The lowest BCUT2D eigenvalue weighted by atomic mass is 9.91. The minimum absolute atomic E-state index is 0.0799. The molecule has 3 N–H and O–H groups in total. The number of benzene rings is 3. The summed E-state index contributed by atoms with van der Waals surface area (Å²) in [4.78, 5) is 24.3. The van der Waals surface area contributed by atoms with Crippen LogP contribution in [0.4, 0.5) is 4.39 Å². The smallest absolute Gasteiger partial charge is 0.248 e. The molecule has 3 aromatic carbocycles. The average molecular weight is 419 g/mol. The molecule has 0 saturated heterocycles. The minimum Gasteiger partial charge on any atom is -0.384 e. The summed E-state index contributed by atoms with van der Waals surface area (Å²) in [6.45, 7) is 5.70. The molecule has 3 aromatic rings. The Bertz CT molecular complexity index is 1140. The monoisotopic (exact) mass is 419 g/mol. The Morgan fingerprint density at radius 1 is 0.968 bits per heavy atom. The summed E-state index contributed by atoms with van der Waals surface area (Å²) < 4.78 is 14.7. The summed E-state index contributed by atoms with van der Waals surface area (Å²) in [5.74, 6) is -0.918. The van der Waals surface area contributed by atoms with E-state index < -0.39 is 17.8 Å². The maximum Gasteiger partial charge on any atom is 0.248 e. The highest BCUT2D eigenvalue weighted by molar-refractivity contribution is 5.97. The van der Waals surface area contributed by atoms with Crippen LogP contribution in [0.2, 0.25) is 0 Å². The highest BCUT2D eigenvalue weighted by Crippen LogP contribution is 2.31. The molecule has 0 aliphatic carbocycles. The van der Waals surface area contributed by atoms with E-state index in [1.807, 2.05) is 13.8 Å². The number of aliphatic hydroxyl groups is 1. The van der Waals surface area contributed by atoms with E-state index in [9.17, 15) is 19.1 Å². The first-order valence-electron chi connectivity index (χ1n) is 10.2. The third kappa shape index (κ3) is 5.25. The van der Waals surface area contributed by atoms with Crippen molar-refractivity contribution in [3.8, 4) is 11.1 Å². The molecule has 0 radical (unpaired) electrons. The molecule has 0 aliphatic heterocycles. The Hall–Kier alpha value is -3.31. The molecule has 160 valence electrons. The van der Waals surface area contributed by atoms with Crippen LogP contribution in [0.1, 0.15) is 63.8 Å². The molecule has 4 nitrogen and oxygen atoms in total. The second-order valence-electron chi connectivity index (χ2n) is 8.24. The van der Waals surface area contributed by atoms with Crippen LogP contribution in [0.5, 0.6) is 0 Å². The van der Waals surface area contributed by atoms with Gasteiger partial charge in [0, 0.05) is 23.1 Å². The number of hydrogen-bond donors (Lipinski definition) is 2. The van der Waals surface area contributed by atoms with Gasteiger partial charge in [0.15, 0.2) is 5.78 Å². The zero-order valence-corrected chi connectivity index (χ0v) is 17.9. The van der Waals surface area contributed by atoms with Crippen molar-refractivity contribution in [2.75, 3.05) is 0 Å². The van der Waals surface area contributed by atoms with Gasteiger partial charge >= 0.3 is 0 Å². The van der Waals surface area contributed by atoms with E-state index in [0.29, 0.717) is 34.2 Å².